The maximum atomic E-state index is 5.82. The van der Waals surface area contributed by atoms with Gasteiger partial charge in [0.15, 0.2) is 5.96 Å². The number of hydrogen-bond donors (Lipinski definition) is 1. The predicted octanol–water partition coefficient (Wildman–Crippen LogP) is 3.51. The van der Waals surface area contributed by atoms with Crippen molar-refractivity contribution in [3.05, 3.63) is 17.5 Å². The summed E-state index contributed by atoms with van der Waals surface area (Å²) >= 11 is 1.82. The summed E-state index contributed by atoms with van der Waals surface area (Å²) in [5, 5.41) is 7.03. The smallest absolute Gasteiger partial charge is 0.193 e. The average molecular weight is 480 g/mol. The molecule has 1 N–H and O–H groups in total. The molecule has 2 rings (SSSR count). The van der Waals surface area contributed by atoms with E-state index >= 15 is 0 Å². The molecule has 1 aromatic rings. The molecule has 5 nitrogen and oxygen atoms in total. The monoisotopic (exact) mass is 480 g/mol. The predicted molar refractivity (Wildman–Crippen MR) is 120 cm³/mol. The Labute approximate surface area is 173 Å². The minimum absolute atomic E-state index is 0. The highest BCUT2D eigenvalue weighted by Crippen LogP contribution is 2.22. The van der Waals surface area contributed by atoms with Crippen LogP contribution in [0.15, 0.2) is 22.5 Å². The second-order valence-electron chi connectivity index (χ2n) is 6.43. The molecule has 0 saturated carbocycles. The van der Waals surface area contributed by atoms with E-state index in [4.69, 9.17) is 4.74 Å². The third kappa shape index (κ3) is 6.94. The molecule has 0 spiro atoms. The van der Waals surface area contributed by atoms with Crippen LogP contribution in [0.5, 0.6) is 0 Å². The summed E-state index contributed by atoms with van der Waals surface area (Å²) in [6, 6.07) is 4.32. The van der Waals surface area contributed by atoms with Crippen molar-refractivity contribution in [1.29, 1.82) is 0 Å². The first-order valence-corrected chi connectivity index (χ1v) is 9.89. The molecule has 25 heavy (non-hydrogen) atoms. The Morgan fingerprint density at radius 2 is 2.04 bits per heavy atom. The van der Waals surface area contributed by atoms with E-state index < -0.39 is 0 Å². The zero-order valence-electron chi connectivity index (χ0n) is 15.9. The van der Waals surface area contributed by atoms with Crippen LogP contribution in [0.3, 0.4) is 0 Å². The number of piperazine rings is 1. The first-order valence-electron chi connectivity index (χ1n) is 9.01. The van der Waals surface area contributed by atoms with Gasteiger partial charge in [-0.2, -0.15) is 0 Å². The second kappa shape index (κ2) is 12.0. The van der Waals surface area contributed by atoms with E-state index in [1.807, 2.05) is 18.4 Å². The van der Waals surface area contributed by atoms with Gasteiger partial charge in [-0.05, 0) is 36.8 Å². The van der Waals surface area contributed by atoms with Crippen molar-refractivity contribution < 1.29 is 4.74 Å². The van der Waals surface area contributed by atoms with Crippen molar-refractivity contribution in [3.8, 4) is 0 Å². The molecule has 0 aromatic carbocycles. The second-order valence-corrected chi connectivity index (χ2v) is 7.35. The van der Waals surface area contributed by atoms with E-state index in [9.17, 15) is 0 Å². The largest absolute Gasteiger partial charge is 0.378 e. The van der Waals surface area contributed by atoms with Gasteiger partial charge in [0.1, 0.15) is 0 Å². The number of anilines is 1. The molecular weight excluding hydrogens is 447 g/mol. The highest BCUT2D eigenvalue weighted by molar-refractivity contribution is 14.0. The lowest BCUT2D eigenvalue weighted by Crippen LogP contribution is -2.52. The minimum atomic E-state index is 0. The third-order valence-electron chi connectivity index (χ3n) is 4.45. The van der Waals surface area contributed by atoms with E-state index in [0.717, 1.165) is 51.7 Å². The van der Waals surface area contributed by atoms with E-state index in [-0.39, 0.29) is 24.0 Å². The average Bonchev–Trinajstić information content (AvgIpc) is 3.12. The standard InChI is InChI=1S/C18H32N4OS.HI/c1-5-23-16(15(2)3)8-9-20-18(19-4)22-12-10-21(11-13-22)17-7-6-14-24-17;/h6-7,14-16H,5,8-13H2,1-4H3,(H,19,20);1H. The first kappa shape index (κ1) is 22.5. The lowest BCUT2D eigenvalue weighted by molar-refractivity contribution is 0.0257. The number of aliphatic imine (C=N–C) groups is 1. The van der Waals surface area contributed by atoms with Crippen LogP contribution in [-0.4, -0.2) is 63.3 Å². The fourth-order valence-corrected chi connectivity index (χ4v) is 3.86. The van der Waals surface area contributed by atoms with Crippen LogP contribution in [0.25, 0.3) is 0 Å². The van der Waals surface area contributed by atoms with Gasteiger partial charge < -0.3 is 19.9 Å². The maximum absolute atomic E-state index is 5.82. The fraction of sp³-hybridized carbons (Fsp3) is 0.722. The molecule has 0 aliphatic carbocycles. The molecule has 1 unspecified atom stereocenters. The molecule has 1 atom stereocenters. The Morgan fingerprint density at radius 3 is 2.56 bits per heavy atom. The van der Waals surface area contributed by atoms with Crippen LogP contribution < -0.4 is 10.2 Å². The third-order valence-corrected chi connectivity index (χ3v) is 5.37. The lowest BCUT2D eigenvalue weighted by atomic mass is 10.0. The van der Waals surface area contributed by atoms with Crippen molar-refractivity contribution in [2.24, 2.45) is 10.9 Å². The van der Waals surface area contributed by atoms with Crippen molar-refractivity contribution >= 4 is 46.3 Å². The number of rotatable bonds is 7. The Kier molecular flexibility index (Phi) is 10.8. The highest BCUT2D eigenvalue weighted by atomic mass is 127. The van der Waals surface area contributed by atoms with Crippen LogP contribution in [-0.2, 0) is 4.74 Å². The zero-order chi connectivity index (χ0) is 17.4. The summed E-state index contributed by atoms with van der Waals surface area (Å²) in [7, 11) is 1.87. The zero-order valence-corrected chi connectivity index (χ0v) is 19.0. The van der Waals surface area contributed by atoms with E-state index in [1.165, 1.54) is 5.00 Å². The molecule has 1 aromatic heterocycles. The number of thiophene rings is 1. The van der Waals surface area contributed by atoms with Crippen LogP contribution in [0.1, 0.15) is 27.2 Å². The van der Waals surface area contributed by atoms with E-state index in [0.29, 0.717) is 12.0 Å². The molecule has 2 heterocycles. The Morgan fingerprint density at radius 1 is 1.32 bits per heavy atom. The normalized spacial score (nSPS) is 16.8. The molecule has 1 saturated heterocycles. The van der Waals surface area contributed by atoms with Gasteiger partial charge in [-0.1, -0.05) is 13.8 Å². The van der Waals surface area contributed by atoms with Gasteiger partial charge in [-0.15, -0.1) is 35.3 Å². The molecule has 1 fully saturated rings. The highest BCUT2D eigenvalue weighted by Gasteiger charge is 2.20. The molecule has 0 radical (unpaired) electrons. The van der Waals surface area contributed by atoms with Crippen LogP contribution in [0, 0.1) is 5.92 Å². The van der Waals surface area contributed by atoms with Crippen LogP contribution in [0.2, 0.25) is 0 Å². The van der Waals surface area contributed by atoms with Crippen molar-refractivity contribution in [1.82, 2.24) is 10.2 Å². The van der Waals surface area contributed by atoms with Gasteiger partial charge in [0.2, 0.25) is 0 Å². The molecule has 1 aliphatic rings. The van der Waals surface area contributed by atoms with Gasteiger partial charge in [0.05, 0.1) is 11.1 Å². The summed E-state index contributed by atoms with van der Waals surface area (Å²) in [4.78, 5) is 9.27. The Balaban J connectivity index is 0.00000312. The summed E-state index contributed by atoms with van der Waals surface area (Å²) in [6.45, 7) is 12.3. The maximum Gasteiger partial charge on any atom is 0.193 e. The summed E-state index contributed by atoms with van der Waals surface area (Å²) in [5.41, 5.74) is 0. The Bertz CT molecular complexity index is 487. The molecule has 1 aliphatic heterocycles. The lowest BCUT2D eigenvalue weighted by Gasteiger charge is -2.37. The minimum Gasteiger partial charge on any atom is -0.378 e. The van der Waals surface area contributed by atoms with Crippen molar-refractivity contribution in [2.75, 3.05) is 51.3 Å². The van der Waals surface area contributed by atoms with Gasteiger partial charge in [0, 0.05) is 46.4 Å². The summed E-state index contributed by atoms with van der Waals surface area (Å²) in [5.74, 6) is 1.56. The van der Waals surface area contributed by atoms with Gasteiger partial charge in [-0.25, -0.2) is 0 Å². The number of hydrogen-bond acceptors (Lipinski definition) is 4. The summed E-state index contributed by atoms with van der Waals surface area (Å²) < 4.78 is 5.82. The molecule has 0 amide bonds. The summed E-state index contributed by atoms with van der Waals surface area (Å²) in [6.07, 6.45) is 1.33. The number of nitrogens with zero attached hydrogens (tertiary/aromatic N) is 3. The first-order chi connectivity index (χ1) is 11.7. The fourth-order valence-electron chi connectivity index (χ4n) is 3.07. The topological polar surface area (TPSA) is 40.1 Å². The Hall–Kier alpha value is -0.540. The number of nitrogens with one attached hydrogen (secondary N) is 1. The van der Waals surface area contributed by atoms with E-state index in [1.54, 1.807) is 0 Å². The van der Waals surface area contributed by atoms with Gasteiger partial charge in [0.25, 0.3) is 0 Å². The van der Waals surface area contributed by atoms with Gasteiger partial charge >= 0.3 is 0 Å². The SMILES string of the molecule is CCOC(CCNC(=NC)N1CCN(c2cccs2)CC1)C(C)C.I. The van der Waals surface area contributed by atoms with Crippen molar-refractivity contribution in [2.45, 2.75) is 33.3 Å². The van der Waals surface area contributed by atoms with Crippen LogP contribution in [0.4, 0.5) is 5.00 Å². The van der Waals surface area contributed by atoms with Gasteiger partial charge in [-0.3, -0.25) is 4.99 Å². The molecule has 7 heteroatoms. The molecular formula is C18H33IN4OS. The molecule has 0 bridgehead atoms. The number of guanidine groups is 1. The number of ether oxygens (including phenoxy) is 1. The van der Waals surface area contributed by atoms with Crippen LogP contribution >= 0.6 is 35.3 Å². The molecule has 144 valence electrons. The van der Waals surface area contributed by atoms with Crippen molar-refractivity contribution in [3.63, 3.8) is 0 Å². The number of halogens is 1. The van der Waals surface area contributed by atoms with E-state index in [2.05, 4.69) is 58.4 Å². The quantitative estimate of drug-likeness (QED) is 0.369.